The molecule has 0 unspecified atom stereocenters. The summed E-state index contributed by atoms with van der Waals surface area (Å²) in [5.74, 6) is -0.559. The van der Waals surface area contributed by atoms with E-state index in [1.54, 1.807) is 4.90 Å². The normalized spacial score (nSPS) is 15.2. The maximum atomic E-state index is 12.0. The molecule has 0 spiro atoms. The minimum atomic E-state index is -0.893. The van der Waals surface area contributed by atoms with Crippen LogP contribution in [-0.4, -0.2) is 34.2 Å². The van der Waals surface area contributed by atoms with Crippen molar-refractivity contribution in [2.24, 2.45) is 0 Å². The average Bonchev–Trinajstić information content (AvgIpc) is 2.40. The third-order valence-corrected chi connectivity index (χ3v) is 4.15. The molecule has 0 saturated carbocycles. The second-order valence-corrected chi connectivity index (χ2v) is 5.66. The minimum absolute atomic E-state index is 0.0352. The molecule has 0 fully saturated rings. The molecule has 0 saturated heterocycles. The van der Waals surface area contributed by atoms with E-state index >= 15 is 0 Å². The third kappa shape index (κ3) is 3.22. The number of carboxylic acid groups (broad SMARTS) is 1. The Labute approximate surface area is 122 Å². The van der Waals surface area contributed by atoms with Crippen LogP contribution in [0.3, 0.4) is 0 Å². The number of carboxylic acids is 1. The van der Waals surface area contributed by atoms with Crippen LogP contribution in [0.25, 0.3) is 5.70 Å². The fourth-order valence-electron chi connectivity index (χ4n) is 2.04. The number of carbonyl (C=O) groups is 2. The molecule has 20 heavy (non-hydrogen) atoms. The predicted molar refractivity (Wildman–Crippen MR) is 80.3 cm³/mol. The molecule has 0 radical (unpaired) electrons. The van der Waals surface area contributed by atoms with Gasteiger partial charge in [-0.1, -0.05) is 12.1 Å². The van der Waals surface area contributed by atoms with Gasteiger partial charge < -0.3 is 10.0 Å². The SMILES string of the molecule is Cc1ccc(C2=CSCC(=O)N2CCC(=O)O)cc1C. The first-order valence-corrected chi connectivity index (χ1v) is 7.45. The summed E-state index contributed by atoms with van der Waals surface area (Å²) in [5.41, 5.74) is 4.11. The Morgan fingerprint density at radius 3 is 2.75 bits per heavy atom. The molecule has 2 rings (SSSR count). The first-order valence-electron chi connectivity index (χ1n) is 6.40. The van der Waals surface area contributed by atoms with Gasteiger partial charge in [0.15, 0.2) is 0 Å². The number of rotatable bonds is 4. The van der Waals surface area contributed by atoms with Crippen LogP contribution in [0.15, 0.2) is 23.6 Å². The van der Waals surface area contributed by atoms with Crippen LogP contribution in [0, 0.1) is 13.8 Å². The Morgan fingerprint density at radius 2 is 2.10 bits per heavy atom. The van der Waals surface area contributed by atoms with E-state index in [9.17, 15) is 9.59 Å². The van der Waals surface area contributed by atoms with Gasteiger partial charge in [0.2, 0.25) is 5.91 Å². The Bertz CT molecular complexity index is 580. The second kappa shape index (κ2) is 6.13. The van der Waals surface area contributed by atoms with E-state index < -0.39 is 5.97 Å². The molecule has 1 N–H and O–H groups in total. The van der Waals surface area contributed by atoms with Gasteiger partial charge in [-0.3, -0.25) is 9.59 Å². The van der Waals surface area contributed by atoms with Gasteiger partial charge in [-0.2, -0.15) is 0 Å². The smallest absolute Gasteiger partial charge is 0.305 e. The van der Waals surface area contributed by atoms with Gasteiger partial charge >= 0.3 is 5.97 Å². The van der Waals surface area contributed by atoms with Crippen LogP contribution >= 0.6 is 11.8 Å². The van der Waals surface area contributed by atoms with Crippen LogP contribution in [0.5, 0.6) is 0 Å². The zero-order valence-electron chi connectivity index (χ0n) is 11.5. The first kappa shape index (κ1) is 14.7. The highest BCUT2D eigenvalue weighted by Gasteiger charge is 2.23. The van der Waals surface area contributed by atoms with Crippen molar-refractivity contribution in [3.8, 4) is 0 Å². The van der Waals surface area contributed by atoms with E-state index in [1.807, 2.05) is 37.5 Å². The maximum absolute atomic E-state index is 12.0. The molecule has 0 aromatic heterocycles. The Morgan fingerprint density at radius 1 is 1.35 bits per heavy atom. The number of aliphatic carboxylic acids is 1. The number of carbonyl (C=O) groups excluding carboxylic acids is 1. The lowest BCUT2D eigenvalue weighted by Crippen LogP contribution is -2.34. The molecule has 4 nitrogen and oxygen atoms in total. The largest absolute Gasteiger partial charge is 0.481 e. The number of aryl methyl sites for hydroxylation is 2. The van der Waals surface area contributed by atoms with Crippen molar-refractivity contribution < 1.29 is 14.7 Å². The zero-order chi connectivity index (χ0) is 14.7. The lowest BCUT2D eigenvalue weighted by molar-refractivity contribution is -0.137. The van der Waals surface area contributed by atoms with Crippen LogP contribution < -0.4 is 0 Å². The molecule has 0 atom stereocenters. The van der Waals surface area contributed by atoms with E-state index in [4.69, 9.17) is 5.11 Å². The molecule has 1 heterocycles. The number of hydrogen-bond donors (Lipinski definition) is 1. The van der Waals surface area contributed by atoms with E-state index in [1.165, 1.54) is 17.3 Å². The molecular formula is C15H17NO3S. The summed E-state index contributed by atoms with van der Waals surface area (Å²) in [6, 6.07) is 6.03. The highest BCUT2D eigenvalue weighted by atomic mass is 32.2. The van der Waals surface area contributed by atoms with E-state index in [0.717, 1.165) is 16.8 Å². The van der Waals surface area contributed by atoms with Gasteiger partial charge in [0.25, 0.3) is 0 Å². The Kier molecular flexibility index (Phi) is 4.49. The van der Waals surface area contributed by atoms with Crippen molar-refractivity contribution in [2.75, 3.05) is 12.3 Å². The number of amides is 1. The standard InChI is InChI=1S/C15H17NO3S/c1-10-3-4-12(7-11(10)2)13-8-20-9-14(17)16(13)6-5-15(18)19/h3-4,7-8H,5-6,9H2,1-2H3,(H,18,19). The topological polar surface area (TPSA) is 57.6 Å². The van der Waals surface area contributed by atoms with Gasteiger partial charge in [-0.05, 0) is 42.0 Å². The Balaban J connectivity index is 2.30. The first-order chi connectivity index (χ1) is 9.49. The summed E-state index contributed by atoms with van der Waals surface area (Å²) >= 11 is 1.45. The maximum Gasteiger partial charge on any atom is 0.305 e. The number of thioether (sulfide) groups is 1. The van der Waals surface area contributed by atoms with Crippen LogP contribution in [0.2, 0.25) is 0 Å². The molecule has 106 valence electrons. The molecular weight excluding hydrogens is 274 g/mol. The zero-order valence-corrected chi connectivity index (χ0v) is 12.4. The molecule has 1 aliphatic rings. The van der Waals surface area contributed by atoms with Crippen molar-refractivity contribution in [1.82, 2.24) is 4.90 Å². The van der Waals surface area contributed by atoms with Crippen molar-refractivity contribution in [1.29, 1.82) is 0 Å². The predicted octanol–water partition coefficient (Wildman–Crippen LogP) is 2.65. The van der Waals surface area contributed by atoms with Gasteiger partial charge in [0.05, 0.1) is 17.9 Å². The molecule has 1 aromatic rings. The van der Waals surface area contributed by atoms with Crippen LogP contribution in [0.4, 0.5) is 0 Å². The van der Waals surface area contributed by atoms with Gasteiger partial charge in [0.1, 0.15) is 0 Å². The molecule has 0 aliphatic carbocycles. The fourth-order valence-corrected chi connectivity index (χ4v) is 2.85. The van der Waals surface area contributed by atoms with Gasteiger partial charge in [0, 0.05) is 6.54 Å². The van der Waals surface area contributed by atoms with Gasteiger partial charge in [-0.15, -0.1) is 11.8 Å². The third-order valence-electron chi connectivity index (χ3n) is 3.35. The lowest BCUT2D eigenvalue weighted by Gasteiger charge is -2.28. The molecule has 1 aliphatic heterocycles. The number of nitrogens with zero attached hydrogens (tertiary/aromatic N) is 1. The van der Waals surface area contributed by atoms with Crippen molar-refractivity contribution in [3.63, 3.8) is 0 Å². The summed E-state index contributed by atoms with van der Waals surface area (Å²) in [5, 5.41) is 10.7. The van der Waals surface area contributed by atoms with Crippen LogP contribution in [-0.2, 0) is 9.59 Å². The van der Waals surface area contributed by atoms with Crippen molar-refractivity contribution >= 4 is 29.3 Å². The van der Waals surface area contributed by atoms with Gasteiger partial charge in [-0.25, -0.2) is 0 Å². The summed E-state index contributed by atoms with van der Waals surface area (Å²) < 4.78 is 0. The Hall–Kier alpha value is -1.75. The highest BCUT2D eigenvalue weighted by molar-refractivity contribution is 8.03. The van der Waals surface area contributed by atoms with E-state index in [0.29, 0.717) is 5.75 Å². The summed E-state index contributed by atoms with van der Waals surface area (Å²) in [7, 11) is 0. The molecule has 1 amide bonds. The monoisotopic (exact) mass is 291 g/mol. The summed E-state index contributed by atoms with van der Waals surface area (Å²) in [4.78, 5) is 24.3. The fraction of sp³-hybridized carbons (Fsp3) is 0.333. The second-order valence-electron chi connectivity index (χ2n) is 4.80. The molecule has 0 bridgehead atoms. The molecule has 5 heteroatoms. The average molecular weight is 291 g/mol. The quantitative estimate of drug-likeness (QED) is 0.926. The minimum Gasteiger partial charge on any atom is -0.481 e. The summed E-state index contributed by atoms with van der Waals surface area (Å²) in [6.45, 7) is 4.28. The van der Waals surface area contributed by atoms with E-state index in [2.05, 4.69) is 0 Å². The molecule has 1 aromatic carbocycles. The summed E-state index contributed by atoms with van der Waals surface area (Å²) in [6.07, 6.45) is -0.0431. The van der Waals surface area contributed by atoms with Crippen molar-refractivity contribution in [2.45, 2.75) is 20.3 Å². The lowest BCUT2D eigenvalue weighted by atomic mass is 10.0. The number of benzene rings is 1. The van der Waals surface area contributed by atoms with Crippen molar-refractivity contribution in [3.05, 3.63) is 40.3 Å². The highest BCUT2D eigenvalue weighted by Crippen LogP contribution is 2.29. The van der Waals surface area contributed by atoms with E-state index in [-0.39, 0.29) is 18.9 Å². The van der Waals surface area contributed by atoms with Crippen LogP contribution in [0.1, 0.15) is 23.1 Å². The number of hydrogen-bond acceptors (Lipinski definition) is 3.